The number of nitrogens with zero attached hydrogens (tertiary/aromatic N) is 1. The van der Waals surface area contributed by atoms with E-state index in [1.54, 1.807) is 6.07 Å². The van der Waals surface area contributed by atoms with Crippen molar-refractivity contribution in [1.29, 1.82) is 0 Å². The Bertz CT molecular complexity index is 1680. The largest absolute Gasteiger partial charge is 0.487 e. The molecule has 5 rings (SSSR count). The quantitative estimate of drug-likeness (QED) is 0.0800. The van der Waals surface area contributed by atoms with Crippen LogP contribution in [0.4, 0.5) is 0 Å². The first-order valence-corrected chi connectivity index (χ1v) is 21.1. The monoisotopic (exact) mass is 699 g/mol. The number of likely N-dealkylation sites (tertiary alicyclic amines) is 1. The van der Waals surface area contributed by atoms with Crippen LogP contribution >= 0.6 is 0 Å². The third-order valence-electron chi connectivity index (χ3n) is 10.7. The van der Waals surface area contributed by atoms with Crippen LogP contribution in [-0.4, -0.2) is 75.9 Å². The highest BCUT2D eigenvalue weighted by Crippen LogP contribution is 2.41. The summed E-state index contributed by atoms with van der Waals surface area (Å²) in [5.41, 5.74) is 3.69. The number of piperidine rings is 1. The third-order valence-corrected chi connectivity index (χ3v) is 15.2. The van der Waals surface area contributed by atoms with Crippen LogP contribution in [0, 0.1) is 5.41 Å². The molecule has 8 nitrogen and oxygen atoms in total. The normalized spacial score (nSPS) is 16.0. The molecule has 0 bridgehead atoms. The summed E-state index contributed by atoms with van der Waals surface area (Å²) in [6.45, 7) is 17.4. The number of hydrogen-bond donors (Lipinski definition) is 3. The molecule has 3 N–H and O–H groups in total. The highest BCUT2D eigenvalue weighted by molar-refractivity contribution is 6.74. The van der Waals surface area contributed by atoms with Crippen molar-refractivity contribution in [3.63, 3.8) is 0 Å². The van der Waals surface area contributed by atoms with E-state index in [0.29, 0.717) is 31.0 Å². The summed E-state index contributed by atoms with van der Waals surface area (Å²) < 4.78 is 19.3. The van der Waals surface area contributed by atoms with Crippen LogP contribution in [0.1, 0.15) is 56.4 Å². The van der Waals surface area contributed by atoms with Gasteiger partial charge in [-0.2, -0.15) is 0 Å². The van der Waals surface area contributed by atoms with Crippen LogP contribution in [0.25, 0.3) is 10.9 Å². The number of aromatic nitrogens is 1. The van der Waals surface area contributed by atoms with Crippen molar-refractivity contribution in [2.45, 2.75) is 70.9 Å². The molecule has 1 aromatic heterocycles. The Hall–Kier alpha value is -3.31. The van der Waals surface area contributed by atoms with Gasteiger partial charge in [-0.05, 0) is 79.3 Å². The lowest BCUT2D eigenvalue weighted by Gasteiger charge is -2.42. The van der Waals surface area contributed by atoms with Gasteiger partial charge in [0.25, 0.3) is 0 Å². The number of aliphatic hydroxyl groups is 1. The van der Waals surface area contributed by atoms with Crippen molar-refractivity contribution in [2.75, 3.05) is 52.5 Å². The Balaban J connectivity index is 1.24. The number of rotatable bonds is 17. The van der Waals surface area contributed by atoms with Gasteiger partial charge in [0.1, 0.15) is 12.4 Å². The maximum absolute atomic E-state index is 12.5. The lowest BCUT2D eigenvalue weighted by molar-refractivity contribution is 0.0277. The van der Waals surface area contributed by atoms with E-state index in [1.807, 2.05) is 48.5 Å². The first kappa shape index (κ1) is 37.9. The Morgan fingerprint density at radius 3 is 2.26 bits per heavy atom. The maximum atomic E-state index is 12.5. The Morgan fingerprint density at radius 1 is 0.920 bits per heavy atom. The van der Waals surface area contributed by atoms with Gasteiger partial charge in [-0.3, -0.25) is 4.79 Å². The standard InChI is InChI=1S/C41H57N3O5Si/c1-40(2,3)50(4,5)49-37(34-16-18-36(39-35(34)17-19-38(46)43-39)48-29-33-14-10-7-11-15-33)28-42-30-41(31-45)21-23-44(24-22-41)25-27-47-26-20-32-12-8-6-9-13-32/h6-19,37,42,45H,20-31H2,1-5H3,(H,43,46)/t37-/m0/s1. The molecule has 0 saturated carbocycles. The number of ether oxygens (including phenoxy) is 2. The van der Waals surface area contributed by atoms with Gasteiger partial charge in [0.05, 0.1) is 31.4 Å². The minimum Gasteiger partial charge on any atom is -0.487 e. The van der Waals surface area contributed by atoms with Gasteiger partial charge in [-0.25, -0.2) is 0 Å². The summed E-state index contributed by atoms with van der Waals surface area (Å²) in [7, 11) is -2.20. The highest BCUT2D eigenvalue weighted by atomic mass is 28.4. The lowest BCUT2D eigenvalue weighted by Crippen LogP contribution is -2.49. The van der Waals surface area contributed by atoms with Crippen LogP contribution in [0.15, 0.2) is 89.7 Å². The zero-order chi connectivity index (χ0) is 35.6. The second kappa shape index (κ2) is 17.3. The van der Waals surface area contributed by atoms with E-state index >= 15 is 0 Å². The van der Waals surface area contributed by atoms with Gasteiger partial charge < -0.3 is 34.2 Å². The molecule has 1 atom stereocenters. The SMILES string of the molecule is CC(C)(C)[Si](C)(C)O[C@@H](CNCC1(CO)CCN(CCOCCc2ccccc2)CC1)c1ccc(OCc2ccccc2)c2[nH]c(=O)ccc12. The number of benzene rings is 3. The van der Waals surface area contributed by atoms with Gasteiger partial charge in [-0.1, -0.05) is 87.5 Å². The molecule has 0 radical (unpaired) electrons. The number of H-pyrrole nitrogens is 1. The molecule has 1 aliphatic heterocycles. The smallest absolute Gasteiger partial charge is 0.248 e. The Kier molecular flexibility index (Phi) is 13.1. The number of nitrogens with one attached hydrogen (secondary N) is 2. The Morgan fingerprint density at radius 2 is 1.60 bits per heavy atom. The predicted molar refractivity (Wildman–Crippen MR) is 205 cm³/mol. The summed E-state index contributed by atoms with van der Waals surface area (Å²) in [6.07, 6.45) is 2.52. The lowest BCUT2D eigenvalue weighted by atomic mass is 9.79. The fourth-order valence-corrected chi connectivity index (χ4v) is 7.65. The zero-order valence-electron chi connectivity index (χ0n) is 30.7. The van der Waals surface area contributed by atoms with Gasteiger partial charge in [0.2, 0.25) is 5.56 Å². The Labute approximate surface area is 299 Å². The van der Waals surface area contributed by atoms with E-state index in [-0.39, 0.29) is 28.7 Å². The van der Waals surface area contributed by atoms with E-state index in [4.69, 9.17) is 13.9 Å². The first-order chi connectivity index (χ1) is 24.0. The molecule has 2 heterocycles. The van der Waals surface area contributed by atoms with E-state index < -0.39 is 8.32 Å². The number of aromatic amines is 1. The number of fused-ring (bicyclic) bond motifs is 1. The minimum atomic E-state index is -2.20. The van der Waals surface area contributed by atoms with Crippen LogP contribution in [0.3, 0.4) is 0 Å². The van der Waals surface area contributed by atoms with Gasteiger partial charge in [-0.15, -0.1) is 0 Å². The predicted octanol–water partition coefficient (Wildman–Crippen LogP) is 7.09. The van der Waals surface area contributed by atoms with Crippen LogP contribution in [0.5, 0.6) is 5.75 Å². The van der Waals surface area contributed by atoms with Crippen LogP contribution in [0.2, 0.25) is 18.1 Å². The van der Waals surface area contributed by atoms with E-state index in [1.165, 1.54) is 5.56 Å². The molecule has 0 unspecified atom stereocenters. The number of hydrogen-bond acceptors (Lipinski definition) is 7. The van der Waals surface area contributed by atoms with Gasteiger partial charge >= 0.3 is 0 Å². The molecular weight excluding hydrogens is 643 g/mol. The molecule has 50 heavy (non-hydrogen) atoms. The van der Waals surface area contributed by atoms with E-state index in [9.17, 15) is 9.90 Å². The van der Waals surface area contributed by atoms with Crippen molar-refractivity contribution < 1.29 is 19.0 Å². The van der Waals surface area contributed by atoms with Gasteiger partial charge in [0.15, 0.2) is 8.32 Å². The first-order valence-electron chi connectivity index (χ1n) is 18.1. The van der Waals surface area contributed by atoms with Crippen molar-refractivity contribution in [1.82, 2.24) is 15.2 Å². The minimum absolute atomic E-state index is 0.0124. The summed E-state index contributed by atoms with van der Waals surface area (Å²) in [5, 5.41) is 15.3. The second-order valence-corrected chi connectivity index (χ2v) is 20.1. The summed E-state index contributed by atoms with van der Waals surface area (Å²) >= 11 is 0. The zero-order valence-corrected chi connectivity index (χ0v) is 31.7. The van der Waals surface area contributed by atoms with E-state index in [0.717, 1.165) is 68.6 Å². The molecule has 9 heteroatoms. The average molecular weight is 700 g/mol. The van der Waals surface area contributed by atoms with Gasteiger partial charge in [0, 0.05) is 36.5 Å². The fraction of sp³-hybridized carbons (Fsp3) is 0.488. The van der Waals surface area contributed by atoms with Crippen molar-refractivity contribution in [2.24, 2.45) is 5.41 Å². The maximum Gasteiger partial charge on any atom is 0.248 e. The molecule has 3 aromatic carbocycles. The molecule has 4 aromatic rings. The molecule has 1 saturated heterocycles. The molecule has 270 valence electrons. The molecular formula is C41H57N3O5Si. The van der Waals surface area contributed by atoms with Crippen LogP contribution < -0.4 is 15.6 Å². The molecule has 0 spiro atoms. The number of pyridine rings is 1. The summed E-state index contributed by atoms with van der Waals surface area (Å²) in [4.78, 5) is 18.0. The topological polar surface area (TPSA) is 96.0 Å². The molecule has 1 fully saturated rings. The highest BCUT2D eigenvalue weighted by Gasteiger charge is 2.40. The second-order valence-electron chi connectivity index (χ2n) is 15.4. The third kappa shape index (κ3) is 10.1. The molecule has 1 aliphatic rings. The average Bonchev–Trinajstić information content (AvgIpc) is 3.11. The molecule has 0 amide bonds. The molecule has 0 aliphatic carbocycles. The van der Waals surface area contributed by atoms with Crippen molar-refractivity contribution >= 4 is 19.2 Å². The summed E-state index contributed by atoms with van der Waals surface area (Å²) in [6, 6.07) is 28.0. The summed E-state index contributed by atoms with van der Waals surface area (Å²) in [5.74, 6) is 0.636. The van der Waals surface area contributed by atoms with Crippen molar-refractivity contribution in [3.8, 4) is 5.75 Å². The van der Waals surface area contributed by atoms with Crippen molar-refractivity contribution in [3.05, 3.63) is 112 Å². The van der Waals surface area contributed by atoms with Crippen LogP contribution in [-0.2, 0) is 22.2 Å². The van der Waals surface area contributed by atoms with E-state index in [2.05, 4.69) is 79.4 Å². The number of aliphatic hydroxyl groups excluding tert-OH is 1. The fourth-order valence-electron chi connectivity index (χ4n) is 6.37.